The second-order valence-corrected chi connectivity index (χ2v) is 10.7. The fourth-order valence-electron chi connectivity index (χ4n) is 2.28. The van der Waals surface area contributed by atoms with Gasteiger partial charge in [0.05, 0.1) is 32.6 Å². The molecule has 3 aromatic carbocycles. The van der Waals surface area contributed by atoms with Crippen molar-refractivity contribution in [3.05, 3.63) is 89.5 Å². The Hall–Kier alpha value is -4.16. The van der Waals surface area contributed by atoms with Crippen molar-refractivity contribution in [2.75, 3.05) is 0 Å². The van der Waals surface area contributed by atoms with Gasteiger partial charge in [-0.3, -0.25) is 13.7 Å². The van der Waals surface area contributed by atoms with Crippen LogP contribution in [0.2, 0.25) is 0 Å². The zero-order chi connectivity index (χ0) is 28.4. The Morgan fingerprint density at radius 3 is 1.59 bits per heavy atom. The number of nitriles is 2. The van der Waals surface area contributed by atoms with Crippen molar-refractivity contribution < 1.29 is 48.8 Å². The van der Waals surface area contributed by atoms with Gasteiger partial charge in [-0.15, -0.1) is 0 Å². The van der Waals surface area contributed by atoms with Crippen LogP contribution < -0.4 is 0 Å². The van der Waals surface area contributed by atoms with Gasteiger partial charge in [0.2, 0.25) is 0 Å². The van der Waals surface area contributed by atoms with E-state index in [0.29, 0.717) is 0 Å². The van der Waals surface area contributed by atoms with Gasteiger partial charge < -0.3 is 5.11 Å². The SMILES string of the molecule is N#Cc1cccc(S(=O)(=O)O)c1.N#Cc1ccccc1S(=O)(=O)O.O=C(O)c1ccc(S(=O)(=O)O)cc1. The minimum absolute atomic E-state index is 0.0348. The predicted molar refractivity (Wildman–Crippen MR) is 125 cm³/mol. The van der Waals surface area contributed by atoms with Crippen LogP contribution in [0.5, 0.6) is 0 Å². The minimum atomic E-state index is -4.27. The second kappa shape index (κ2) is 12.7. The lowest BCUT2D eigenvalue weighted by molar-refractivity contribution is 0.0696. The Kier molecular flexibility index (Phi) is 10.6. The van der Waals surface area contributed by atoms with E-state index < -0.39 is 36.3 Å². The molecule has 3 rings (SSSR count). The lowest BCUT2D eigenvalue weighted by Gasteiger charge is -1.97. The molecule has 194 valence electrons. The molecule has 0 radical (unpaired) electrons. The molecule has 37 heavy (non-hydrogen) atoms. The molecule has 0 saturated carbocycles. The third-order valence-electron chi connectivity index (χ3n) is 3.95. The summed E-state index contributed by atoms with van der Waals surface area (Å²) in [5.41, 5.74) is 0.109. The number of carbonyl (C=O) groups is 1. The van der Waals surface area contributed by atoms with E-state index in [0.717, 1.165) is 30.3 Å². The first kappa shape index (κ1) is 30.9. The van der Waals surface area contributed by atoms with Crippen molar-refractivity contribution in [2.45, 2.75) is 14.7 Å². The highest BCUT2D eigenvalue weighted by Gasteiger charge is 2.13. The highest BCUT2D eigenvalue weighted by molar-refractivity contribution is 7.86. The monoisotopic (exact) mass is 568 g/mol. The van der Waals surface area contributed by atoms with E-state index >= 15 is 0 Å². The molecule has 0 bridgehead atoms. The molecule has 0 spiro atoms. The van der Waals surface area contributed by atoms with Crippen molar-refractivity contribution in [1.82, 2.24) is 0 Å². The molecule has 0 aliphatic heterocycles. The van der Waals surface area contributed by atoms with E-state index in [1.54, 1.807) is 12.1 Å². The molecular weight excluding hydrogens is 552 g/mol. The van der Waals surface area contributed by atoms with Gasteiger partial charge in [0.1, 0.15) is 11.0 Å². The molecule has 0 heterocycles. The Morgan fingerprint density at radius 2 is 1.19 bits per heavy atom. The Labute approximate surface area is 211 Å². The highest BCUT2D eigenvalue weighted by Crippen LogP contribution is 2.13. The summed E-state index contributed by atoms with van der Waals surface area (Å²) in [4.78, 5) is 9.41. The van der Waals surface area contributed by atoms with Crippen molar-refractivity contribution >= 4 is 36.3 Å². The van der Waals surface area contributed by atoms with E-state index in [1.165, 1.54) is 42.5 Å². The van der Waals surface area contributed by atoms with E-state index in [-0.39, 0.29) is 31.4 Å². The summed E-state index contributed by atoms with van der Waals surface area (Å²) >= 11 is 0. The Morgan fingerprint density at radius 1 is 0.649 bits per heavy atom. The van der Waals surface area contributed by atoms with Crippen LogP contribution in [0.15, 0.2) is 87.5 Å². The maximum Gasteiger partial charge on any atom is 0.335 e. The number of carboxylic acids is 1. The smallest absolute Gasteiger partial charge is 0.335 e. The third-order valence-corrected chi connectivity index (χ3v) is 6.57. The van der Waals surface area contributed by atoms with Gasteiger partial charge in [-0.2, -0.15) is 35.8 Å². The maximum atomic E-state index is 10.6. The van der Waals surface area contributed by atoms with Gasteiger partial charge in [0.15, 0.2) is 0 Å². The van der Waals surface area contributed by atoms with E-state index in [9.17, 15) is 30.0 Å². The first-order chi connectivity index (χ1) is 17.0. The lowest BCUT2D eigenvalue weighted by Crippen LogP contribution is -2.00. The molecule has 0 amide bonds. The molecule has 0 saturated heterocycles. The molecule has 0 unspecified atom stereocenters. The van der Waals surface area contributed by atoms with Gasteiger partial charge in [-0.05, 0) is 54.6 Å². The van der Waals surface area contributed by atoms with E-state index in [2.05, 4.69) is 0 Å². The number of rotatable bonds is 4. The normalized spacial score (nSPS) is 10.8. The average molecular weight is 569 g/mol. The molecule has 0 fully saturated rings. The molecule has 0 aliphatic carbocycles. The molecule has 0 aromatic heterocycles. The summed E-state index contributed by atoms with van der Waals surface area (Å²) in [6.45, 7) is 0. The van der Waals surface area contributed by atoms with Gasteiger partial charge in [-0.1, -0.05) is 18.2 Å². The van der Waals surface area contributed by atoms with Crippen molar-refractivity contribution in [2.24, 2.45) is 0 Å². The average Bonchev–Trinajstić information content (AvgIpc) is 2.83. The molecule has 13 nitrogen and oxygen atoms in total. The molecule has 4 N–H and O–H groups in total. The number of hydrogen-bond donors (Lipinski definition) is 4. The number of nitrogens with zero attached hydrogens (tertiary/aromatic N) is 2. The van der Waals surface area contributed by atoms with Gasteiger partial charge in [0.25, 0.3) is 30.4 Å². The Bertz CT molecular complexity index is 1690. The van der Waals surface area contributed by atoms with Crippen molar-refractivity contribution in [3.63, 3.8) is 0 Å². The summed E-state index contributed by atoms with van der Waals surface area (Å²) in [6, 6.07) is 18.3. The fourth-order valence-corrected chi connectivity index (χ4v) is 3.93. The van der Waals surface area contributed by atoms with E-state index in [1.807, 2.05) is 0 Å². The van der Waals surface area contributed by atoms with Gasteiger partial charge >= 0.3 is 5.97 Å². The molecular formula is C21H16N2O11S3. The Balaban J connectivity index is 0.000000278. The fraction of sp³-hybridized carbons (Fsp3) is 0. The van der Waals surface area contributed by atoms with E-state index in [4.69, 9.17) is 29.3 Å². The van der Waals surface area contributed by atoms with Gasteiger partial charge in [0, 0.05) is 0 Å². The van der Waals surface area contributed by atoms with Crippen molar-refractivity contribution in [3.8, 4) is 12.1 Å². The second-order valence-electron chi connectivity index (χ2n) is 6.50. The summed E-state index contributed by atoms with van der Waals surface area (Å²) in [7, 11) is -12.7. The summed E-state index contributed by atoms with van der Waals surface area (Å²) in [6.07, 6.45) is 0. The zero-order valence-electron chi connectivity index (χ0n) is 18.2. The topological polar surface area (TPSA) is 248 Å². The van der Waals surface area contributed by atoms with Crippen LogP contribution in [0, 0.1) is 22.7 Å². The lowest BCUT2D eigenvalue weighted by atomic mass is 10.2. The van der Waals surface area contributed by atoms with Crippen LogP contribution in [0.1, 0.15) is 21.5 Å². The minimum Gasteiger partial charge on any atom is -0.478 e. The van der Waals surface area contributed by atoms with Crippen LogP contribution in [0.3, 0.4) is 0 Å². The predicted octanol–water partition coefficient (Wildman–Crippen LogP) is 2.24. The van der Waals surface area contributed by atoms with Crippen LogP contribution in [-0.4, -0.2) is 50.0 Å². The summed E-state index contributed by atoms with van der Waals surface area (Å²) in [5.74, 6) is -1.15. The number of benzene rings is 3. The quantitative estimate of drug-likeness (QED) is 0.330. The molecule has 16 heteroatoms. The van der Waals surface area contributed by atoms with Crippen LogP contribution in [0.4, 0.5) is 0 Å². The standard InChI is InChI=1S/2C7H5NO3S.C7H6O5S/c8-5-6-2-1-3-7(4-6)12(9,10)11;8-5-6-3-1-2-4-7(6)12(9,10)11;8-7(9)5-1-3-6(4-2-5)13(10,11)12/h2*1-4H,(H,9,10,11);1-4H,(H,8,9)(H,10,11,12). The number of aromatic carboxylic acids is 1. The summed E-state index contributed by atoms with van der Waals surface area (Å²) in [5, 5.41) is 25.3. The maximum absolute atomic E-state index is 10.6. The first-order valence-corrected chi connectivity index (χ1v) is 13.6. The summed E-state index contributed by atoms with van der Waals surface area (Å²) < 4.78 is 89.1. The first-order valence-electron chi connectivity index (χ1n) is 9.26. The van der Waals surface area contributed by atoms with Gasteiger partial charge in [-0.25, -0.2) is 4.79 Å². The largest absolute Gasteiger partial charge is 0.478 e. The molecule has 0 aliphatic rings. The van der Waals surface area contributed by atoms with Crippen LogP contribution in [-0.2, 0) is 30.4 Å². The molecule has 0 atom stereocenters. The molecule has 3 aromatic rings. The van der Waals surface area contributed by atoms with Crippen LogP contribution in [0.25, 0.3) is 0 Å². The number of carboxylic acid groups (broad SMARTS) is 1. The zero-order valence-corrected chi connectivity index (χ0v) is 20.6. The van der Waals surface area contributed by atoms with Crippen molar-refractivity contribution in [1.29, 1.82) is 10.5 Å². The highest BCUT2D eigenvalue weighted by atomic mass is 32.2. The third kappa shape index (κ3) is 10.2. The van der Waals surface area contributed by atoms with Crippen LogP contribution >= 0.6 is 0 Å². The number of hydrogen-bond acceptors (Lipinski definition) is 9.